The van der Waals surface area contributed by atoms with Crippen molar-refractivity contribution in [2.24, 2.45) is 0 Å². The van der Waals surface area contributed by atoms with Gasteiger partial charge in [0.05, 0.1) is 0 Å². The molecule has 0 amide bonds. The van der Waals surface area contributed by atoms with E-state index >= 15 is 0 Å². The second-order valence-corrected chi connectivity index (χ2v) is 7.51. The van der Waals surface area contributed by atoms with E-state index in [1.807, 2.05) is 18.2 Å². The van der Waals surface area contributed by atoms with Crippen molar-refractivity contribution < 1.29 is 4.57 Å². The van der Waals surface area contributed by atoms with E-state index in [4.69, 9.17) is 5.73 Å². The Labute approximate surface area is 85.9 Å². The first-order valence-electron chi connectivity index (χ1n) is 4.77. The van der Waals surface area contributed by atoms with E-state index in [2.05, 4.69) is 13.8 Å². The number of rotatable bonds is 2. The van der Waals surface area contributed by atoms with E-state index in [0.29, 0.717) is 11.6 Å². The van der Waals surface area contributed by atoms with Crippen molar-refractivity contribution in [2.45, 2.75) is 19.8 Å². The molecule has 0 heterocycles. The fourth-order valence-corrected chi connectivity index (χ4v) is 2.54. The molecule has 0 unspecified atom stereocenters. The summed E-state index contributed by atoms with van der Waals surface area (Å²) < 4.78 is 11.9. The Morgan fingerprint density at radius 2 is 1.86 bits per heavy atom. The van der Waals surface area contributed by atoms with Gasteiger partial charge >= 0.3 is 0 Å². The summed E-state index contributed by atoms with van der Waals surface area (Å²) in [7, 11) is -2.25. The van der Waals surface area contributed by atoms with Crippen LogP contribution in [0.1, 0.15) is 25.3 Å². The quantitative estimate of drug-likeness (QED) is 0.603. The molecule has 78 valence electrons. The van der Waals surface area contributed by atoms with E-state index in [0.717, 1.165) is 5.30 Å². The van der Waals surface area contributed by atoms with Crippen LogP contribution in [-0.2, 0) is 4.57 Å². The first-order chi connectivity index (χ1) is 6.32. The van der Waals surface area contributed by atoms with E-state index < -0.39 is 7.14 Å². The lowest BCUT2D eigenvalue weighted by Crippen LogP contribution is -2.11. The van der Waals surface area contributed by atoms with Crippen LogP contribution in [0, 0.1) is 0 Å². The van der Waals surface area contributed by atoms with Crippen LogP contribution in [0.5, 0.6) is 0 Å². The van der Waals surface area contributed by atoms with Crippen LogP contribution < -0.4 is 11.0 Å². The standard InChI is InChI=1S/C11H18NOP/c1-8(2)9-5-6-10(12)11(7-9)14(3,4)13/h5-8H,12H2,1-4H3. The fraction of sp³-hybridized carbons (Fsp3) is 0.455. The summed E-state index contributed by atoms with van der Waals surface area (Å²) in [5.74, 6) is 0.445. The van der Waals surface area contributed by atoms with Gasteiger partial charge in [0.25, 0.3) is 0 Å². The summed E-state index contributed by atoms with van der Waals surface area (Å²) in [6, 6.07) is 5.82. The van der Waals surface area contributed by atoms with Crippen LogP contribution in [0.15, 0.2) is 18.2 Å². The van der Waals surface area contributed by atoms with E-state index in [9.17, 15) is 4.57 Å². The second-order valence-electron chi connectivity index (χ2n) is 4.32. The normalized spacial score (nSPS) is 12.1. The Kier molecular flexibility index (Phi) is 3.06. The zero-order valence-corrected chi connectivity index (χ0v) is 10.1. The minimum absolute atomic E-state index is 0.445. The highest BCUT2D eigenvalue weighted by Gasteiger charge is 2.15. The summed E-state index contributed by atoms with van der Waals surface area (Å²) >= 11 is 0. The number of benzene rings is 1. The number of nitrogen functional groups attached to an aromatic ring is 1. The summed E-state index contributed by atoms with van der Waals surface area (Å²) in [6.07, 6.45) is 0. The summed E-state index contributed by atoms with van der Waals surface area (Å²) in [5, 5.41) is 0.809. The van der Waals surface area contributed by atoms with Gasteiger partial charge in [-0.2, -0.15) is 0 Å². The minimum atomic E-state index is -2.25. The predicted molar refractivity (Wildman–Crippen MR) is 64.0 cm³/mol. The lowest BCUT2D eigenvalue weighted by Gasteiger charge is -2.13. The van der Waals surface area contributed by atoms with Crippen LogP contribution in [-0.4, -0.2) is 13.3 Å². The third kappa shape index (κ3) is 2.39. The fourth-order valence-electron chi connectivity index (χ4n) is 1.39. The third-order valence-corrected chi connectivity index (χ3v) is 3.85. The molecule has 0 aromatic heterocycles. The lowest BCUT2D eigenvalue weighted by atomic mass is 10.0. The Balaban J connectivity index is 3.29. The molecule has 0 aliphatic heterocycles. The summed E-state index contributed by atoms with van der Waals surface area (Å²) in [4.78, 5) is 0. The number of hydrogen-bond acceptors (Lipinski definition) is 2. The van der Waals surface area contributed by atoms with Gasteiger partial charge in [0.1, 0.15) is 7.14 Å². The highest BCUT2D eigenvalue weighted by molar-refractivity contribution is 7.70. The molecule has 1 rings (SSSR count). The largest absolute Gasteiger partial charge is 0.398 e. The van der Waals surface area contributed by atoms with Crippen molar-refractivity contribution in [2.75, 3.05) is 19.1 Å². The maximum atomic E-state index is 11.9. The van der Waals surface area contributed by atoms with Gasteiger partial charge in [-0.3, -0.25) is 0 Å². The van der Waals surface area contributed by atoms with Crippen LogP contribution in [0.2, 0.25) is 0 Å². The zero-order chi connectivity index (χ0) is 10.9. The molecule has 0 aliphatic carbocycles. The molecular weight excluding hydrogens is 193 g/mol. The molecule has 1 aromatic carbocycles. The van der Waals surface area contributed by atoms with Gasteiger partial charge in [0.15, 0.2) is 0 Å². The number of anilines is 1. The van der Waals surface area contributed by atoms with Crippen molar-refractivity contribution >= 4 is 18.1 Å². The van der Waals surface area contributed by atoms with Gasteiger partial charge in [-0.25, -0.2) is 0 Å². The average Bonchev–Trinajstić information content (AvgIpc) is 2.02. The van der Waals surface area contributed by atoms with Crippen molar-refractivity contribution in [3.63, 3.8) is 0 Å². The lowest BCUT2D eigenvalue weighted by molar-refractivity contribution is 0.588. The Morgan fingerprint density at radius 3 is 2.29 bits per heavy atom. The van der Waals surface area contributed by atoms with Gasteiger partial charge in [-0.1, -0.05) is 19.9 Å². The third-order valence-electron chi connectivity index (χ3n) is 2.30. The Morgan fingerprint density at radius 1 is 1.29 bits per heavy atom. The smallest absolute Gasteiger partial charge is 0.111 e. The molecule has 1 aromatic rings. The predicted octanol–water partition coefficient (Wildman–Crippen LogP) is 2.64. The van der Waals surface area contributed by atoms with Crippen molar-refractivity contribution in [3.05, 3.63) is 23.8 Å². The molecule has 0 spiro atoms. The molecule has 0 saturated heterocycles. The van der Waals surface area contributed by atoms with Gasteiger partial charge in [0, 0.05) is 11.0 Å². The Bertz CT molecular complexity index is 379. The number of hydrogen-bond donors (Lipinski definition) is 1. The number of nitrogens with two attached hydrogens (primary N) is 1. The van der Waals surface area contributed by atoms with Gasteiger partial charge in [-0.15, -0.1) is 0 Å². The minimum Gasteiger partial charge on any atom is -0.398 e. The maximum Gasteiger partial charge on any atom is 0.111 e. The molecule has 0 aliphatic rings. The Hall–Kier alpha value is -0.750. The van der Waals surface area contributed by atoms with E-state index in [-0.39, 0.29) is 0 Å². The molecule has 2 N–H and O–H groups in total. The van der Waals surface area contributed by atoms with Crippen LogP contribution >= 0.6 is 7.14 Å². The summed E-state index contributed by atoms with van der Waals surface area (Å²) in [5.41, 5.74) is 7.64. The summed E-state index contributed by atoms with van der Waals surface area (Å²) in [6.45, 7) is 7.74. The van der Waals surface area contributed by atoms with E-state index in [1.54, 1.807) is 13.3 Å². The molecule has 0 fully saturated rings. The molecular formula is C11H18NOP. The van der Waals surface area contributed by atoms with Gasteiger partial charge in [-0.05, 0) is 36.9 Å². The molecule has 0 atom stereocenters. The first-order valence-corrected chi connectivity index (χ1v) is 7.37. The van der Waals surface area contributed by atoms with Crippen LogP contribution in [0.3, 0.4) is 0 Å². The average molecular weight is 211 g/mol. The molecule has 14 heavy (non-hydrogen) atoms. The van der Waals surface area contributed by atoms with Crippen LogP contribution in [0.4, 0.5) is 5.69 Å². The first kappa shape index (κ1) is 11.3. The maximum absolute atomic E-state index is 11.9. The van der Waals surface area contributed by atoms with Crippen molar-refractivity contribution in [1.82, 2.24) is 0 Å². The van der Waals surface area contributed by atoms with Gasteiger partial charge in [0.2, 0.25) is 0 Å². The topological polar surface area (TPSA) is 43.1 Å². The molecule has 0 radical (unpaired) electrons. The van der Waals surface area contributed by atoms with Crippen LogP contribution in [0.25, 0.3) is 0 Å². The SMILES string of the molecule is CC(C)c1ccc(N)c(P(C)(C)=O)c1. The molecule has 2 nitrogen and oxygen atoms in total. The monoisotopic (exact) mass is 211 g/mol. The van der Waals surface area contributed by atoms with Gasteiger partial charge < -0.3 is 10.3 Å². The molecule has 0 bridgehead atoms. The highest BCUT2D eigenvalue weighted by Crippen LogP contribution is 2.37. The molecule has 3 heteroatoms. The second kappa shape index (κ2) is 3.78. The molecule has 0 saturated carbocycles. The van der Waals surface area contributed by atoms with Crippen molar-refractivity contribution in [3.8, 4) is 0 Å². The van der Waals surface area contributed by atoms with Crippen molar-refractivity contribution in [1.29, 1.82) is 0 Å². The zero-order valence-electron chi connectivity index (χ0n) is 9.24. The van der Waals surface area contributed by atoms with E-state index in [1.165, 1.54) is 5.56 Å². The highest BCUT2D eigenvalue weighted by atomic mass is 31.2.